The van der Waals surface area contributed by atoms with Gasteiger partial charge in [0, 0.05) is 6.04 Å². The highest BCUT2D eigenvalue weighted by molar-refractivity contribution is 5.84. The summed E-state index contributed by atoms with van der Waals surface area (Å²) in [6.07, 6.45) is 9.75. The number of hydrogen-bond donors (Lipinski definition) is 2. The molecule has 106 valence electrons. The molecule has 0 aliphatic heterocycles. The van der Waals surface area contributed by atoms with Crippen molar-refractivity contribution in [3.63, 3.8) is 0 Å². The Bertz CT molecular complexity index is 500. The van der Waals surface area contributed by atoms with Gasteiger partial charge >= 0.3 is 5.97 Å². The average Bonchev–Trinajstić information content (AvgIpc) is 2.42. The summed E-state index contributed by atoms with van der Waals surface area (Å²) in [4.78, 5) is 18.9. The van der Waals surface area contributed by atoms with E-state index in [0.29, 0.717) is 11.9 Å². The number of hydrogen-bond acceptors (Lipinski definition) is 4. The van der Waals surface area contributed by atoms with Crippen LogP contribution in [0.1, 0.15) is 42.6 Å². The average molecular weight is 273 g/mol. The number of anilines is 1. The van der Waals surface area contributed by atoms with E-state index >= 15 is 0 Å². The molecule has 4 saturated carbocycles. The molecular formula is C15H19N3O2. The van der Waals surface area contributed by atoms with Gasteiger partial charge in [-0.1, -0.05) is 0 Å². The highest BCUT2D eigenvalue weighted by atomic mass is 16.4. The molecule has 4 aliphatic carbocycles. The zero-order valence-corrected chi connectivity index (χ0v) is 11.3. The first-order valence-corrected chi connectivity index (χ1v) is 7.51. The Hall–Kier alpha value is -1.65. The van der Waals surface area contributed by atoms with Crippen LogP contribution < -0.4 is 5.32 Å². The van der Waals surface area contributed by atoms with Gasteiger partial charge in [0.1, 0.15) is 5.82 Å². The molecule has 0 aromatic carbocycles. The van der Waals surface area contributed by atoms with Crippen LogP contribution in [0.15, 0.2) is 12.4 Å². The Kier molecular flexibility index (Phi) is 2.69. The summed E-state index contributed by atoms with van der Waals surface area (Å²) in [5, 5.41) is 12.4. The van der Waals surface area contributed by atoms with Crippen LogP contribution in [0.3, 0.4) is 0 Å². The van der Waals surface area contributed by atoms with Crippen molar-refractivity contribution in [2.45, 2.75) is 38.1 Å². The number of nitrogens with one attached hydrogen (secondary N) is 1. The second-order valence-electron chi connectivity index (χ2n) is 6.69. The van der Waals surface area contributed by atoms with Gasteiger partial charge in [-0.25, -0.2) is 14.8 Å². The molecule has 0 unspecified atom stereocenters. The van der Waals surface area contributed by atoms with Crippen LogP contribution in [0.4, 0.5) is 5.82 Å². The van der Waals surface area contributed by atoms with Crippen molar-refractivity contribution in [2.75, 3.05) is 5.32 Å². The fourth-order valence-electron chi connectivity index (χ4n) is 4.84. The first-order valence-electron chi connectivity index (χ1n) is 7.51. The lowest BCUT2D eigenvalue weighted by Crippen LogP contribution is -2.51. The molecule has 1 aromatic rings. The van der Waals surface area contributed by atoms with Crippen LogP contribution in [-0.2, 0) is 0 Å². The van der Waals surface area contributed by atoms with Gasteiger partial charge in [0.05, 0.1) is 12.4 Å². The Morgan fingerprint density at radius 1 is 1.05 bits per heavy atom. The second-order valence-corrected chi connectivity index (χ2v) is 6.69. The Morgan fingerprint density at radius 3 is 2.20 bits per heavy atom. The van der Waals surface area contributed by atoms with E-state index in [-0.39, 0.29) is 5.69 Å². The van der Waals surface area contributed by atoms with E-state index < -0.39 is 5.97 Å². The van der Waals surface area contributed by atoms with Crippen LogP contribution >= 0.6 is 0 Å². The number of aromatic carboxylic acids is 1. The maximum atomic E-state index is 10.8. The van der Waals surface area contributed by atoms with Crippen LogP contribution in [0.25, 0.3) is 0 Å². The summed E-state index contributed by atoms with van der Waals surface area (Å²) in [6, 6.07) is 0.507. The molecule has 0 amide bonds. The van der Waals surface area contributed by atoms with E-state index in [4.69, 9.17) is 5.11 Å². The zero-order valence-electron chi connectivity index (χ0n) is 11.3. The van der Waals surface area contributed by atoms with Gasteiger partial charge in [0.15, 0.2) is 5.69 Å². The molecule has 2 N–H and O–H groups in total. The largest absolute Gasteiger partial charge is 0.476 e. The lowest BCUT2D eigenvalue weighted by Gasteiger charge is -2.54. The molecule has 1 aromatic heterocycles. The minimum Gasteiger partial charge on any atom is -0.476 e. The van der Waals surface area contributed by atoms with Gasteiger partial charge in [-0.2, -0.15) is 0 Å². The predicted molar refractivity (Wildman–Crippen MR) is 73.4 cm³/mol. The fraction of sp³-hybridized carbons (Fsp3) is 0.667. The number of rotatable bonds is 3. The molecule has 5 nitrogen and oxygen atoms in total. The number of carbonyl (C=O) groups is 1. The maximum absolute atomic E-state index is 10.8. The van der Waals surface area contributed by atoms with E-state index in [1.807, 2.05) is 0 Å². The lowest BCUT2D eigenvalue weighted by molar-refractivity contribution is 0.00740. The van der Waals surface area contributed by atoms with Gasteiger partial charge in [-0.05, 0) is 55.8 Å². The summed E-state index contributed by atoms with van der Waals surface area (Å²) in [5.41, 5.74) is 0.000586. The SMILES string of the molecule is O=C(O)c1cnc(NC2C3CC4CC(C3)CC2C4)cn1. The molecule has 4 bridgehead atoms. The molecule has 0 radical (unpaired) electrons. The standard InChI is InChI=1S/C15H19N3O2/c19-15(20)12-6-17-13(7-16-12)18-14-10-2-8-1-9(4-10)5-11(14)3-8/h6-11,14H,1-5H2,(H,17,18)(H,19,20). The smallest absolute Gasteiger partial charge is 0.356 e. The Labute approximate surface area is 117 Å². The third-order valence-corrected chi connectivity index (χ3v) is 5.41. The first kappa shape index (κ1) is 12.1. The van der Waals surface area contributed by atoms with Crippen molar-refractivity contribution in [1.82, 2.24) is 9.97 Å². The van der Waals surface area contributed by atoms with Gasteiger partial charge in [-0.3, -0.25) is 0 Å². The third-order valence-electron chi connectivity index (χ3n) is 5.41. The van der Waals surface area contributed by atoms with E-state index in [0.717, 1.165) is 23.7 Å². The van der Waals surface area contributed by atoms with E-state index in [1.165, 1.54) is 38.3 Å². The molecule has 1 heterocycles. The third kappa shape index (κ3) is 1.96. The minimum absolute atomic E-state index is 0.000586. The quantitative estimate of drug-likeness (QED) is 0.884. The first-order chi connectivity index (χ1) is 9.69. The lowest BCUT2D eigenvalue weighted by atomic mass is 9.54. The van der Waals surface area contributed by atoms with Crippen LogP contribution in [0, 0.1) is 23.7 Å². The van der Waals surface area contributed by atoms with Crippen LogP contribution in [0.5, 0.6) is 0 Å². The molecule has 0 spiro atoms. The van der Waals surface area contributed by atoms with Crippen molar-refractivity contribution in [3.8, 4) is 0 Å². The number of aromatic nitrogens is 2. The molecular weight excluding hydrogens is 254 g/mol. The monoisotopic (exact) mass is 273 g/mol. The van der Waals surface area contributed by atoms with E-state index in [1.54, 1.807) is 6.20 Å². The molecule has 5 heteroatoms. The number of carboxylic acids is 1. The number of carboxylic acid groups (broad SMARTS) is 1. The van der Waals surface area contributed by atoms with Crippen molar-refractivity contribution < 1.29 is 9.90 Å². The fourth-order valence-corrected chi connectivity index (χ4v) is 4.84. The topological polar surface area (TPSA) is 75.1 Å². The second kappa shape index (κ2) is 4.43. The predicted octanol–water partition coefficient (Wildman–Crippen LogP) is 2.41. The van der Waals surface area contributed by atoms with E-state index in [2.05, 4.69) is 15.3 Å². The summed E-state index contributed by atoms with van der Waals surface area (Å²) >= 11 is 0. The van der Waals surface area contributed by atoms with Gasteiger partial charge in [-0.15, -0.1) is 0 Å². The summed E-state index contributed by atoms with van der Waals surface area (Å²) in [6.45, 7) is 0. The van der Waals surface area contributed by atoms with E-state index in [9.17, 15) is 4.79 Å². The normalized spacial score (nSPS) is 37.9. The van der Waals surface area contributed by atoms with Gasteiger partial charge in [0.2, 0.25) is 0 Å². The minimum atomic E-state index is -1.03. The van der Waals surface area contributed by atoms with Crippen LogP contribution in [-0.4, -0.2) is 27.1 Å². The summed E-state index contributed by atoms with van der Waals surface area (Å²) in [5.74, 6) is 3.14. The molecule has 20 heavy (non-hydrogen) atoms. The Balaban J connectivity index is 1.50. The summed E-state index contributed by atoms with van der Waals surface area (Å²) in [7, 11) is 0. The molecule has 5 rings (SSSR count). The van der Waals surface area contributed by atoms with Crippen LogP contribution in [0.2, 0.25) is 0 Å². The van der Waals surface area contributed by atoms with Crippen molar-refractivity contribution in [1.29, 1.82) is 0 Å². The summed E-state index contributed by atoms with van der Waals surface area (Å²) < 4.78 is 0. The highest BCUT2D eigenvalue weighted by Gasteiger charge is 2.48. The maximum Gasteiger partial charge on any atom is 0.356 e. The van der Waals surface area contributed by atoms with Crippen molar-refractivity contribution in [3.05, 3.63) is 18.1 Å². The van der Waals surface area contributed by atoms with Crippen molar-refractivity contribution in [2.24, 2.45) is 23.7 Å². The zero-order chi connectivity index (χ0) is 13.7. The van der Waals surface area contributed by atoms with Crippen molar-refractivity contribution >= 4 is 11.8 Å². The molecule has 0 saturated heterocycles. The van der Waals surface area contributed by atoms with Gasteiger partial charge in [0.25, 0.3) is 0 Å². The number of nitrogens with zero attached hydrogens (tertiary/aromatic N) is 2. The highest BCUT2D eigenvalue weighted by Crippen LogP contribution is 2.54. The van der Waals surface area contributed by atoms with Gasteiger partial charge < -0.3 is 10.4 Å². The molecule has 4 aliphatic rings. The Morgan fingerprint density at radius 2 is 1.70 bits per heavy atom. The molecule has 4 fully saturated rings. The molecule has 0 atom stereocenters.